The number of carboxylic acids is 1. The van der Waals surface area contributed by atoms with Crippen LogP contribution in [-0.4, -0.2) is 89.3 Å². The van der Waals surface area contributed by atoms with Gasteiger partial charge in [0, 0.05) is 13.0 Å². The number of carboxylic acid groups (broad SMARTS) is 1. The summed E-state index contributed by atoms with van der Waals surface area (Å²) in [5, 5.41) is 25.2. The molecular weight excluding hydrogens is 646 g/mol. The van der Waals surface area contributed by atoms with E-state index in [4.69, 9.17) is 5.73 Å². The summed E-state index contributed by atoms with van der Waals surface area (Å²) in [6, 6.07) is 2.89. The van der Waals surface area contributed by atoms with Crippen LogP contribution >= 0.6 is 0 Å². The van der Waals surface area contributed by atoms with Crippen molar-refractivity contribution in [1.29, 1.82) is 0 Å². The third-order valence-electron chi connectivity index (χ3n) is 8.65. The number of rotatable bonds is 19. The maximum atomic E-state index is 13.5. The second-order valence-corrected chi connectivity index (χ2v) is 13.4. The highest BCUT2D eigenvalue weighted by molar-refractivity contribution is 5.96. The molecule has 0 aromatic heterocycles. The van der Waals surface area contributed by atoms with Crippen LogP contribution in [0.25, 0.3) is 0 Å². The van der Waals surface area contributed by atoms with Crippen LogP contribution in [0.3, 0.4) is 0 Å². The Kier molecular flexibility index (Phi) is 17.4. The Bertz CT molecular complexity index is 1330. The van der Waals surface area contributed by atoms with Crippen molar-refractivity contribution in [2.24, 2.45) is 17.6 Å². The Morgan fingerprint density at radius 3 is 2.12 bits per heavy atom. The van der Waals surface area contributed by atoms with Crippen LogP contribution in [0.1, 0.15) is 85.1 Å². The van der Waals surface area contributed by atoms with E-state index < -0.39 is 78.2 Å². The fourth-order valence-corrected chi connectivity index (χ4v) is 5.45. The molecule has 1 aliphatic rings. The first-order chi connectivity index (χ1) is 23.6. The molecule has 1 fully saturated rings. The van der Waals surface area contributed by atoms with Gasteiger partial charge in [0.05, 0.1) is 6.04 Å². The van der Waals surface area contributed by atoms with E-state index in [1.165, 1.54) is 6.92 Å². The van der Waals surface area contributed by atoms with Crippen LogP contribution in [0.5, 0.6) is 0 Å². The standard InChI is InChI=1S/C35H55N7O8/c1-6-21(4)29(35(50)40-25-14-10-11-17-37-32(25)47)42-33(48)26(15-16-28(43)44)39-30(45)22(5)38-34(49)27(18-20(2)3)41-31(46)24(36)19-23-12-8-7-9-13-23/h7-9,12-13,20-22,24-27,29H,6,10-11,14-19,36H2,1-5H3,(H,37,47)(H,38,49)(H,39,45)(H,40,50)(H,41,46)(H,42,48)(H,43,44)/t21-,22-,24+,25-,26+,27-,29+/m0/s1. The lowest BCUT2D eigenvalue weighted by molar-refractivity contribution is -0.138. The fourth-order valence-electron chi connectivity index (χ4n) is 5.45. The number of carbonyl (C=O) groups is 7. The van der Waals surface area contributed by atoms with E-state index in [2.05, 4.69) is 31.9 Å². The van der Waals surface area contributed by atoms with Crippen molar-refractivity contribution in [1.82, 2.24) is 31.9 Å². The number of amides is 6. The van der Waals surface area contributed by atoms with E-state index in [9.17, 15) is 38.7 Å². The maximum Gasteiger partial charge on any atom is 0.303 e. The largest absolute Gasteiger partial charge is 0.481 e. The topological polar surface area (TPSA) is 238 Å². The number of benzene rings is 1. The number of aliphatic carboxylic acids is 1. The lowest BCUT2D eigenvalue weighted by Gasteiger charge is -2.28. The molecule has 1 heterocycles. The minimum absolute atomic E-state index is 0.00257. The van der Waals surface area contributed by atoms with Crippen molar-refractivity contribution in [3.05, 3.63) is 35.9 Å². The zero-order chi connectivity index (χ0) is 37.4. The summed E-state index contributed by atoms with van der Waals surface area (Å²) in [6.45, 7) is 9.22. The van der Waals surface area contributed by atoms with Gasteiger partial charge in [0.2, 0.25) is 35.4 Å². The van der Waals surface area contributed by atoms with Crippen LogP contribution in [0.15, 0.2) is 30.3 Å². The number of nitrogens with one attached hydrogen (secondary N) is 6. The summed E-state index contributed by atoms with van der Waals surface area (Å²) >= 11 is 0. The monoisotopic (exact) mass is 701 g/mol. The average Bonchev–Trinajstić information content (AvgIpc) is 3.27. The molecule has 2 rings (SSSR count). The Hall–Kier alpha value is -4.53. The summed E-state index contributed by atoms with van der Waals surface area (Å²) in [4.78, 5) is 90.2. The molecular formula is C35H55N7O8. The molecule has 0 saturated carbocycles. The van der Waals surface area contributed by atoms with Crippen LogP contribution in [0.2, 0.25) is 0 Å². The molecule has 50 heavy (non-hydrogen) atoms. The molecule has 7 atom stereocenters. The van der Waals surface area contributed by atoms with E-state index in [0.717, 1.165) is 18.4 Å². The highest BCUT2D eigenvalue weighted by Gasteiger charge is 2.34. The summed E-state index contributed by atoms with van der Waals surface area (Å²) in [6.07, 6.45) is 2.22. The van der Waals surface area contributed by atoms with Crippen molar-refractivity contribution in [2.75, 3.05) is 6.54 Å². The molecule has 15 heteroatoms. The number of nitrogens with two attached hydrogens (primary N) is 1. The smallest absolute Gasteiger partial charge is 0.303 e. The van der Waals surface area contributed by atoms with E-state index >= 15 is 0 Å². The molecule has 15 nitrogen and oxygen atoms in total. The van der Waals surface area contributed by atoms with Gasteiger partial charge in [-0.05, 0) is 62.8 Å². The molecule has 1 aromatic carbocycles. The van der Waals surface area contributed by atoms with Crippen molar-refractivity contribution in [3.63, 3.8) is 0 Å². The Balaban J connectivity index is 2.12. The fraction of sp³-hybridized carbons (Fsp3) is 0.629. The summed E-state index contributed by atoms with van der Waals surface area (Å²) in [7, 11) is 0. The highest BCUT2D eigenvalue weighted by atomic mass is 16.4. The normalized spacial score (nSPS) is 18.1. The predicted molar refractivity (Wildman–Crippen MR) is 186 cm³/mol. The quantitative estimate of drug-likeness (QED) is 0.0986. The second kappa shape index (κ2) is 20.9. The van der Waals surface area contributed by atoms with Gasteiger partial charge in [0.15, 0.2) is 0 Å². The van der Waals surface area contributed by atoms with Crippen LogP contribution in [0.4, 0.5) is 0 Å². The Labute approximate surface area is 294 Å². The van der Waals surface area contributed by atoms with Crippen LogP contribution < -0.4 is 37.6 Å². The molecule has 0 bridgehead atoms. The Morgan fingerprint density at radius 2 is 1.50 bits per heavy atom. The molecule has 1 aromatic rings. The minimum Gasteiger partial charge on any atom is -0.481 e. The molecule has 278 valence electrons. The highest BCUT2D eigenvalue weighted by Crippen LogP contribution is 2.13. The van der Waals surface area contributed by atoms with E-state index in [0.29, 0.717) is 19.4 Å². The summed E-state index contributed by atoms with van der Waals surface area (Å²) < 4.78 is 0. The first kappa shape index (κ1) is 41.6. The molecule has 1 aliphatic heterocycles. The molecule has 9 N–H and O–H groups in total. The molecule has 1 saturated heterocycles. The molecule has 6 amide bonds. The lowest BCUT2D eigenvalue weighted by Crippen LogP contribution is -2.60. The van der Waals surface area contributed by atoms with Crippen molar-refractivity contribution in [3.8, 4) is 0 Å². The second-order valence-electron chi connectivity index (χ2n) is 13.4. The Morgan fingerprint density at radius 1 is 0.860 bits per heavy atom. The van der Waals surface area contributed by atoms with Crippen molar-refractivity contribution >= 4 is 41.4 Å². The third-order valence-corrected chi connectivity index (χ3v) is 8.65. The van der Waals surface area contributed by atoms with Gasteiger partial charge in [-0.2, -0.15) is 0 Å². The maximum absolute atomic E-state index is 13.5. The zero-order valence-corrected chi connectivity index (χ0v) is 29.8. The molecule has 0 aliphatic carbocycles. The van der Waals surface area contributed by atoms with Gasteiger partial charge in [-0.25, -0.2) is 0 Å². The van der Waals surface area contributed by atoms with E-state index in [1.54, 1.807) is 6.92 Å². The average molecular weight is 702 g/mol. The molecule has 0 spiro atoms. The van der Waals surface area contributed by atoms with Crippen LogP contribution in [-0.2, 0) is 40.0 Å². The van der Waals surface area contributed by atoms with Gasteiger partial charge in [0.25, 0.3) is 0 Å². The van der Waals surface area contributed by atoms with Gasteiger partial charge in [0.1, 0.15) is 30.2 Å². The molecule has 0 radical (unpaired) electrons. The first-order valence-electron chi connectivity index (χ1n) is 17.4. The number of carbonyl (C=O) groups excluding carboxylic acids is 6. The molecule has 0 unspecified atom stereocenters. The van der Waals surface area contributed by atoms with E-state index in [-0.39, 0.29) is 37.0 Å². The summed E-state index contributed by atoms with van der Waals surface area (Å²) in [5.41, 5.74) is 6.98. The number of hydrogen-bond acceptors (Lipinski definition) is 8. The van der Waals surface area contributed by atoms with Crippen LogP contribution in [0, 0.1) is 11.8 Å². The van der Waals surface area contributed by atoms with Gasteiger partial charge in [-0.1, -0.05) is 64.4 Å². The lowest BCUT2D eigenvalue weighted by atomic mass is 9.96. The van der Waals surface area contributed by atoms with Gasteiger partial charge in [-0.15, -0.1) is 0 Å². The first-order valence-corrected chi connectivity index (χ1v) is 17.4. The zero-order valence-electron chi connectivity index (χ0n) is 29.8. The number of hydrogen-bond donors (Lipinski definition) is 8. The van der Waals surface area contributed by atoms with E-state index in [1.807, 2.05) is 51.1 Å². The summed E-state index contributed by atoms with van der Waals surface area (Å²) in [5.74, 6) is -5.18. The van der Waals surface area contributed by atoms with Gasteiger partial charge in [-0.3, -0.25) is 33.6 Å². The van der Waals surface area contributed by atoms with Gasteiger partial charge >= 0.3 is 5.97 Å². The minimum atomic E-state index is -1.36. The van der Waals surface area contributed by atoms with Gasteiger partial charge < -0.3 is 42.7 Å². The van der Waals surface area contributed by atoms with Crippen molar-refractivity contribution in [2.45, 2.75) is 122 Å². The third kappa shape index (κ3) is 14.1. The van der Waals surface area contributed by atoms with Crippen molar-refractivity contribution < 1.29 is 38.7 Å². The SMILES string of the molecule is CC[C@H](C)[C@@H](NC(=O)[C@@H](CCC(=O)O)NC(=O)[C@H](C)NC(=O)[C@H](CC(C)C)NC(=O)[C@H](N)Cc1ccccc1)C(=O)N[C@H]1CCCCNC1=O. The predicted octanol–water partition coefficient (Wildman–Crippen LogP) is 0.257.